The second kappa shape index (κ2) is 7.74. The fourth-order valence-electron chi connectivity index (χ4n) is 1.60. The van der Waals surface area contributed by atoms with E-state index in [2.05, 4.69) is 10.3 Å². The van der Waals surface area contributed by atoms with Crippen LogP contribution in [-0.2, 0) is 11.2 Å². The Hall–Kier alpha value is -1.62. The fourth-order valence-corrected chi connectivity index (χ4v) is 1.60. The molecule has 0 aliphatic rings. The largest absolute Gasteiger partial charge is 0.495 e. The lowest BCUT2D eigenvalue weighted by molar-refractivity contribution is -0.122. The van der Waals surface area contributed by atoms with Crippen molar-refractivity contribution < 1.29 is 14.6 Å². The first kappa shape index (κ1) is 15.4. The molecule has 2 N–H and O–H groups in total. The Morgan fingerprint density at radius 2 is 2.21 bits per heavy atom. The monoisotopic (exact) mass is 266 g/mol. The van der Waals surface area contributed by atoms with E-state index in [0.29, 0.717) is 18.6 Å². The van der Waals surface area contributed by atoms with E-state index in [4.69, 9.17) is 9.84 Å². The lowest BCUT2D eigenvalue weighted by atomic mass is 10.0. The van der Waals surface area contributed by atoms with Crippen LogP contribution in [0.1, 0.15) is 25.8 Å². The van der Waals surface area contributed by atoms with Crippen molar-refractivity contribution in [3.63, 3.8) is 0 Å². The van der Waals surface area contributed by atoms with Crippen molar-refractivity contribution in [2.75, 3.05) is 13.7 Å². The van der Waals surface area contributed by atoms with Gasteiger partial charge in [0.05, 0.1) is 13.3 Å². The number of aliphatic hydroxyl groups is 1. The normalized spacial score (nSPS) is 13.7. The number of carbonyl (C=O) groups excluding carboxylic acids is 1. The molecule has 0 aromatic carbocycles. The molecule has 5 nitrogen and oxygen atoms in total. The van der Waals surface area contributed by atoms with E-state index >= 15 is 0 Å². The van der Waals surface area contributed by atoms with Crippen LogP contribution >= 0.6 is 0 Å². The molecule has 2 atom stereocenters. The molecule has 0 spiro atoms. The van der Waals surface area contributed by atoms with Crippen molar-refractivity contribution in [2.24, 2.45) is 5.92 Å². The maximum absolute atomic E-state index is 11.8. The molecule has 1 aromatic heterocycles. The summed E-state index contributed by atoms with van der Waals surface area (Å²) in [7, 11) is 1.59. The highest BCUT2D eigenvalue weighted by molar-refractivity contribution is 5.76. The van der Waals surface area contributed by atoms with Crippen molar-refractivity contribution >= 4 is 5.91 Å². The van der Waals surface area contributed by atoms with E-state index in [0.717, 1.165) is 5.56 Å². The molecular formula is C14H22N2O3. The smallest absolute Gasteiger partial charge is 0.220 e. The third-order valence-electron chi connectivity index (χ3n) is 3.18. The zero-order chi connectivity index (χ0) is 14.3. The molecule has 0 aliphatic carbocycles. The van der Waals surface area contributed by atoms with Crippen molar-refractivity contribution in [3.8, 4) is 5.75 Å². The summed E-state index contributed by atoms with van der Waals surface area (Å²) in [5, 5.41) is 11.9. The molecule has 0 bridgehead atoms. The lowest BCUT2D eigenvalue weighted by Gasteiger charge is -2.19. The van der Waals surface area contributed by atoms with Gasteiger partial charge in [-0.05, 0) is 30.9 Å². The zero-order valence-electron chi connectivity index (χ0n) is 11.7. The van der Waals surface area contributed by atoms with Gasteiger partial charge in [0.2, 0.25) is 5.91 Å². The average molecular weight is 266 g/mol. The SMILES string of the molecule is COc1cncc(CCC(=O)NC(C)C(C)CO)c1. The molecule has 0 saturated carbocycles. The molecule has 1 heterocycles. The molecule has 2 unspecified atom stereocenters. The van der Waals surface area contributed by atoms with Crippen molar-refractivity contribution in [3.05, 3.63) is 24.0 Å². The number of hydrogen-bond acceptors (Lipinski definition) is 4. The minimum atomic E-state index is -0.0269. The molecule has 106 valence electrons. The van der Waals surface area contributed by atoms with Crippen molar-refractivity contribution in [1.82, 2.24) is 10.3 Å². The van der Waals surface area contributed by atoms with Gasteiger partial charge in [-0.15, -0.1) is 0 Å². The Labute approximate surface area is 114 Å². The van der Waals surface area contributed by atoms with E-state index in [1.165, 1.54) is 0 Å². The van der Waals surface area contributed by atoms with Gasteiger partial charge in [0.15, 0.2) is 0 Å². The molecule has 19 heavy (non-hydrogen) atoms. The molecule has 1 amide bonds. The summed E-state index contributed by atoms with van der Waals surface area (Å²) >= 11 is 0. The van der Waals surface area contributed by atoms with E-state index in [-0.39, 0.29) is 24.5 Å². The van der Waals surface area contributed by atoms with Crippen molar-refractivity contribution in [2.45, 2.75) is 32.7 Å². The average Bonchev–Trinajstić information content (AvgIpc) is 2.44. The Morgan fingerprint density at radius 1 is 1.47 bits per heavy atom. The summed E-state index contributed by atoms with van der Waals surface area (Å²) in [4.78, 5) is 15.8. The summed E-state index contributed by atoms with van der Waals surface area (Å²) in [5.41, 5.74) is 0.970. The van der Waals surface area contributed by atoms with Gasteiger partial charge in [-0.25, -0.2) is 0 Å². The second-order valence-electron chi connectivity index (χ2n) is 4.75. The van der Waals surface area contributed by atoms with Crippen LogP contribution in [0.25, 0.3) is 0 Å². The summed E-state index contributed by atoms with van der Waals surface area (Å²) in [5.74, 6) is 0.734. The Balaban J connectivity index is 2.41. The molecule has 1 aromatic rings. The topological polar surface area (TPSA) is 71.5 Å². The standard InChI is InChI=1S/C14H22N2O3/c1-10(9-17)11(2)16-14(18)5-4-12-6-13(19-3)8-15-7-12/h6-8,10-11,17H,4-5,9H2,1-3H3,(H,16,18). The minimum Gasteiger partial charge on any atom is -0.495 e. The highest BCUT2D eigenvalue weighted by Crippen LogP contribution is 2.12. The molecule has 0 radical (unpaired) electrons. The molecule has 0 fully saturated rings. The number of carbonyl (C=O) groups is 1. The van der Waals surface area contributed by atoms with Crippen LogP contribution in [-0.4, -0.2) is 35.8 Å². The van der Waals surface area contributed by atoms with Gasteiger partial charge in [-0.2, -0.15) is 0 Å². The summed E-state index contributed by atoms with van der Waals surface area (Å²) in [6, 6.07) is 1.85. The van der Waals surface area contributed by atoms with Crippen LogP contribution in [0.2, 0.25) is 0 Å². The number of aliphatic hydroxyl groups excluding tert-OH is 1. The van der Waals surface area contributed by atoms with Gasteiger partial charge in [-0.1, -0.05) is 6.92 Å². The third kappa shape index (κ3) is 5.26. The van der Waals surface area contributed by atoms with Gasteiger partial charge in [0, 0.05) is 25.3 Å². The predicted molar refractivity (Wildman–Crippen MR) is 73.0 cm³/mol. The number of nitrogens with one attached hydrogen (secondary N) is 1. The number of aryl methyl sites for hydroxylation is 1. The minimum absolute atomic E-state index is 0.0179. The number of nitrogens with zero attached hydrogens (tertiary/aromatic N) is 1. The van der Waals surface area contributed by atoms with Crippen LogP contribution < -0.4 is 10.1 Å². The molecule has 0 saturated heterocycles. The van der Waals surface area contributed by atoms with Crippen molar-refractivity contribution in [1.29, 1.82) is 0 Å². The third-order valence-corrected chi connectivity index (χ3v) is 3.18. The molecular weight excluding hydrogens is 244 g/mol. The molecule has 1 rings (SSSR count). The Morgan fingerprint density at radius 3 is 2.84 bits per heavy atom. The highest BCUT2D eigenvalue weighted by Gasteiger charge is 2.13. The first-order chi connectivity index (χ1) is 9.06. The zero-order valence-corrected chi connectivity index (χ0v) is 11.7. The van der Waals surface area contributed by atoms with Gasteiger partial charge >= 0.3 is 0 Å². The van der Waals surface area contributed by atoms with Crippen LogP contribution in [0.4, 0.5) is 0 Å². The lowest BCUT2D eigenvalue weighted by Crippen LogP contribution is -2.38. The number of pyridine rings is 1. The predicted octanol–water partition coefficient (Wildman–Crippen LogP) is 1.16. The summed E-state index contributed by atoms with van der Waals surface area (Å²) in [6.45, 7) is 3.87. The first-order valence-corrected chi connectivity index (χ1v) is 6.45. The number of aromatic nitrogens is 1. The van der Waals surface area contributed by atoms with Crippen LogP contribution in [0.5, 0.6) is 5.75 Å². The van der Waals surface area contributed by atoms with Gasteiger partial charge in [0.25, 0.3) is 0 Å². The van der Waals surface area contributed by atoms with Gasteiger partial charge in [-0.3, -0.25) is 9.78 Å². The van der Waals surface area contributed by atoms with Gasteiger partial charge in [0.1, 0.15) is 5.75 Å². The Bertz CT molecular complexity index is 409. The molecule has 5 heteroatoms. The highest BCUT2D eigenvalue weighted by atomic mass is 16.5. The number of amides is 1. The van der Waals surface area contributed by atoms with Crippen LogP contribution in [0.3, 0.4) is 0 Å². The van der Waals surface area contributed by atoms with Crippen LogP contribution in [0, 0.1) is 5.92 Å². The first-order valence-electron chi connectivity index (χ1n) is 6.45. The van der Waals surface area contributed by atoms with E-state index in [1.54, 1.807) is 19.5 Å². The summed E-state index contributed by atoms with van der Waals surface area (Å²) in [6.07, 6.45) is 4.39. The number of hydrogen-bond donors (Lipinski definition) is 2. The number of ether oxygens (including phenoxy) is 1. The van der Waals surface area contributed by atoms with E-state index < -0.39 is 0 Å². The molecule has 0 aliphatic heterocycles. The second-order valence-corrected chi connectivity index (χ2v) is 4.75. The summed E-state index contributed by atoms with van der Waals surface area (Å²) < 4.78 is 5.08. The van der Waals surface area contributed by atoms with E-state index in [1.807, 2.05) is 19.9 Å². The van der Waals surface area contributed by atoms with Crippen LogP contribution in [0.15, 0.2) is 18.5 Å². The quantitative estimate of drug-likeness (QED) is 0.777. The Kier molecular flexibility index (Phi) is 6.29. The van der Waals surface area contributed by atoms with E-state index in [9.17, 15) is 4.79 Å². The number of rotatable bonds is 7. The fraction of sp³-hybridized carbons (Fsp3) is 0.571. The van der Waals surface area contributed by atoms with Gasteiger partial charge < -0.3 is 15.2 Å². The maximum Gasteiger partial charge on any atom is 0.220 e. The maximum atomic E-state index is 11.8. The number of methoxy groups -OCH3 is 1.